The molecule has 0 spiro atoms. The van der Waals surface area contributed by atoms with Gasteiger partial charge in [-0.2, -0.15) is 5.10 Å². The van der Waals surface area contributed by atoms with Crippen LogP contribution in [-0.4, -0.2) is 45.1 Å². The summed E-state index contributed by atoms with van der Waals surface area (Å²) in [6.45, 7) is 1.75. The molecular weight excluding hydrogens is 342 g/mol. The normalized spacial score (nSPS) is 25.5. The second-order valence-electron chi connectivity index (χ2n) is 7.50. The third-order valence-corrected chi connectivity index (χ3v) is 5.71. The topological polar surface area (TPSA) is 83.3 Å². The van der Waals surface area contributed by atoms with Crippen LogP contribution >= 0.6 is 0 Å². The van der Waals surface area contributed by atoms with Crippen molar-refractivity contribution in [2.75, 3.05) is 23.3 Å². The fraction of sp³-hybridized carbons (Fsp3) is 0.550. The largest absolute Gasteiger partial charge is 0.391 e. The van der Waals surface area contributed by atoms with Gasteiger partial charge in [0.15, 0.2) is 0 Å². The van der Waals surface area contributed by atoms with E-state index in [1.54, 1.807) is 18.5 Å². The van der Waals surface area contributed by atoms with E-state index in [-0.39, 0.29) is 11.6 Å². The molecule has 1 saturated carbocycles. The summed E-state index contributed by atoms with van der Waals surface area (Å²) in [4.78, 5) is 18.7. The van der Waals surface area contributed by atoms with Crippen LogP contribution in [0.4, 0.5) is 11.5 Å². The number of hydrogen-bond donors (Lipinski definition) is 2. The molecule has 3 unspecified atom stereocenters. The van der Waals surface area contributed by atoms with Gasteiger partial charge in [0.25, 0.3) is 5.56 Å². The highest BCUT2D eigenvalue weighted by atomic mass is 16.3. The van der Waals surface area contributed by atoms with Crippen LogP contribution in [0, 0.1) is 0 Å². The molecule has 0 bridgehead atoms. The molecule has 7 nitrogen and oxygen atoms in total. The van der Waals surface area contributed by atoms with Crippen LogP contribution in [0.1, 0.15) is 44.6 Å². The highest BCUT2D eigenvalue weighted by Gasteiger charge is 2.30. The third-order valence-electron chi connectivity index (χ3n) is 5.71. The second kappa shape index (κ2) is 8.08. The Morgan fingerprint density at radius 2 is 1.93 bits per heavy atom. The minimum Gasteiger partial charge on any atom is -0.391 e. The summed E-state index contributed by atoms with van der Waals surface area (Å²) >= 11 is 0. The number of aliphatic hydroxyl groups excluding tert-OH is 1. The molecular formula is C20H27N5O2. The predicted molar refractivity (Wildman–Crippen MR) is 105 cm³/mol. The molecule has 2 N–H and O–H groups in total. The number of rotatable bonds is 5. The minimum absolute atomic E-state index is 0.131. The van der Waals surface area contributed by atoms with Crippen molar-refractivity contribution in [1.29, 1.82) is 0 Å². The van der Waals surface area contributed by atoms with Gasteiger partial charge in [-0.05, 0) is 56.7 Å². The van der Waals surface area contributed by atoms with Crippen molar-refractivity contribution in [3.05, 3.63) is 47.0 Å². The molecule has 4 rings (SSSR count). The van der Waals surface area contributed by atoms with Gasteiger partial charge in [-0.15, -0.1) is 0 Å². The molecule has 1 saturated heterocycles. The van der Waals surface area contributed by atoms with Crippen LogP contribution in [0.5, 0.6) is 0 Å². The zero-order valence-electron chi connectivity index (χ0n) is 15.5. The van der Waals surface area contributed by atoms with E-state index in [0.29, 0.717) is 6.04 Å². The lowest BCUT2D eigenvalue weighted by Crippen LogP contribution is -2.45. The van der Waals surface area contributed by atoms with Gasteiger partial charge in [0, 0.05) is 43.3 Å². The summed E-state index contributed by atoms with van der Waals surface area (Å²) < 4.78 is 1.51. The molecule has 2 aliphatic rings. The summed E-state index contributed by atoms with van der Waals surface area (Å²) in [6.07, 6.45) is 8.98. The van der Waals surface area contributed by atoms with Gasteiger partial charge in [-0.1, -0.05) is 0 Å². The minimum atomic E-state index is -0.476. The van der Waals surface area contributed by atoms with Crippen LogP contribution in [0.2, 0.25) is 0 Å². The summed E-state index contributed by atoms with van der Waals surface area (Å²) in [5.41, 5.74) is 0.927. The van der Waals surface area contributed by atoms with Crippen molar-refractivity contribution in [1.82, 2.24) is 14.8 Å². The summed E-state index contributed by atoms with van der Waals surface area (Å²) in [7, 11) is 0. The lowest BCUT2D eigenvalue weighted by Gasteiger charge is -2.37. The number of anilines is 2. The van der Waals surface area contributed by atoms with Crippen molar-refractivity contribution in [3.8, 4) is 0 Å². The smallest absolute Gasteiger partial charge is 0.267 e. The highest BCUT2D eigenvalue weighted by Crippen LogP contribution is 2.29. The lowest BCUT2D eigenvalue weighted by atomic mass is 10.0. The molecule has 3 atom stereocenters. The fourth-order valence-corrected chi connectivity index (χ4v) is 4.23. The maximum atomic E-state index is 12.3. The Morgan fingerprint density at radius 1 is 1.07 bits per heavy atom. The van der Waals surface area contributed by atoms with E-state index >= 15 is 0 Å². The number of hydrogen-bond acceptors (Lipinski definition) is 6. The Hall–Kier alpha value is -2.41. The Bertz CT molecular complexity index is 810. The van der Waals surface area contributed by atoms with E-state index in [4.69, 9.17) is 0 Å². The molecule has 0 aromatic carbocycles. The van der Waals surface area contributed by atoms with Crippen LogP contribution in [0.15, 0.2) is 41.5 Å². The summed E-state index contributed by atoms with van der Waals surface area (Å²) in [5, 5.41) is 18.4. The standard InChI is InChI=1S/C20H27N5O2/c26-18-6-3-5-17(18)25-20(27)8-7-19(23-25)24-13-2-1-4-16(24)14-22-15-9-11-21-12-10-15/h7-12,16-18,26H,1-6,13-14H2,(H,21,22). The van der Waals surface area contributed by atoms with E-state index in [0.717, 1.165) is 56.7 Å². The molecule has 0 amide bonds. The number of nitrogens with zero attached hydrogens (tertiary/aromatic N) is 4. The zero-order chi connectivity index (χ0) is 18.6. The van der Waals surface area contributed by atoms with Gasteiger partial charge in [0.05, 0.1) is 12.1 Å². The van der Waals surface area contributed by atoms with Crippen LogP contribution in [0.3, 0.4) is 0 Å². The Morgan fingerprint density at radius 3 is 2.70 bits per heavy atom. The Balaban J connectivity index is 1.53. The van der Waals surface area contributed by atoms with E-state index in [1.165, 1.54) is 11.1 Å². The van der Waals surface area contributed by atoms with E-state index in [1.807, 2.05) is 18.2 Å². The molecule has 144 valence electrons. The number of aromatic nitrogens is 3. The van der Waals surface area contributed by atoms with Gasteiger partial charge >= 0.3 is 0 Å². The molecule has 0 radical (unpaired) electrons. The van der Waals surface area contributed by atoms with Gasteiger partial charge in [-0.25, -0.2) is 4.68 Å². The van der Waals surface area contributed by atoms with Crippen molar-refractivity contribution in [2.45, 2.75) is 56.7 Å². The molecule has 27 heavy (non-hydrogen) atoms. The van der Waals surface area contributed by atoms with Crippen molar-refractivity contribution in [3.63, 3.8) is 0 Å². The SMILES string of the molecule is O=c1ccc(N2CCCCC2CNc2ccncc2)nn1C1CCCC1O. The molecule has 1 aliphatic carbocycles. The van der Waals surface area contributed by atoms with Crippen molar-refractivity contribution < 1.29 is 5.11 Å². The van der Waals surface area contributed by atoms with Crippen LogP contribution < -0.4 is 15.8 Å². The molecule has 2 aromatic rings. The first-order valence-corrected chi connectivity index (χ1v) is 9.91. The zero-order valence-corrected chi connectivity index (χ0v) is 15.5. The number of nitrogens with one attached hydrogen (secondary N) is 1. The third kappa shape index (κ3) is 3.98. The van der Waals surface area contributed by atoms with E-state index < -0.39 is 6.10 Å². The number of aliphatic hydroxyl groups is 1. The lowest BCUT2D eigenvalue weighted by molar-refractivity contribution is 0.127. The van der Waals surface area contributed by atoms with Gasteiger partial charge < -0.3 is 15.3 Å². The first-order chi connectivity index (χ1) is 13.2. The molecule has 2 aromatic heterocycles. The average molecular weight is 369 g/mol. The highest BCUT2D eigenvalue weighted by molar-refractivity contribution is 5.43. The first-order valence-electron chi connectivity index (χ1n) is 9.91. The maximum absolute atomic E-state index is 12.3. The maximum Gasteiger partial charge on any atom is 0.267 e. The quantitative estimate of drug-likeness (QED) is 0.841. The molecule has 7 heteroatoms. The Labute approximate surface area is 159 Å². The van der Waals surface area contributed by atoms with Gasteiger partial charge in [0.1, 0.15) is 5.82 Å². The first kappa shape index (κ1) is 18.0. The van der Waals surface area contributed by atoms with E-state index in [2.05, 4.69) is 20.3 Å². The van der Waals surface area contributed by atoms with Gasteiger partial charge in [-0.3, -0.25) is 9.78 Å². The van der Waals surface area contributed by atoms with Crippen molar-refractivity contribution in [2.24, 2.45) is 0 Å². The van der Waals surface area contributed by atoms with Crippen molar-refractivity contribution >= 4 is 11.5 Å². The number of piperidine rings is 1. The van der Waals surface area contributed by atoms with E-state index in [9.17, 15) is 9.90 Å². The predicted octanol–water partition coefficient (Wildman–Crippen LogP) is 2.20. The average Bonchev–Trinajstić information content (AvgIpc) is 3.13. The molecule has 1 aliphatic heterocycles. The summed E-state index contributed by atoms with van der Waals surface area (Å²) in [6, 6.07) is 7.47. The second-order valence-corrected chi connectivity index (χ2v) is 7.50. The van der Waals surface area contributed by atoms with Gasteiger partial charge in [0.2, 0.25) is 0 Å². The van der Waals surface area contributed by atoms with Crippen LogP contribution in [-0.2, 0) is 0 Å². The monoisotopic (exact) mass is 369 g/mol. The summed E-state index contributed by atoms with van der Waals surface area (Å²) in [5.74, 6) is 0.829. The van der Waals surface area contributed by atoms with Crippen LogP contribution in [0.25, 0.3) is 0 Å². The number of pyridine rings is 1. The molecule has 3 heterocycles. The Kier molecular flexibility index (Phi) is 5.38. The fourth-order valence-electron chi connectivity index (χ4n) is 4.23. The molecule has 2 fully saturated rings.